The lowest BCUT2D eigenvalue weighted by Crippen LogP contribution is -2.32. The molecule has 8 heteroatoms. The Kier molecular flexibility index (Phi) is 6.39. The Morgan fingerprint density at radius 2 is 1.96 bits per heavy atom. The van der Waals surface area contributed by atoms with Gasteiger partial charge in [0.2, 0.25) is 5.91 Å². The van der Waals surface area contributed by atoms with Crippen LogP contribution < -0.4 is 10.6 Å². The minimum absolute atomic E-state index is 0.120. The first-order valence-corrected chi connectivity index (χ1v) is 9.35. The maximum atomic E-state index is 12.0. The van der Waals surface area contributed by atoms with E-state index in [1.54, 1.807) is 30.5 Å². The lowest BCUT2D eigenvalue weighted by molar-refractivity contribution is -0.115. The van der Waals surface area contributed by atoms with Crippen LogP contribution in [-0.2, 0) is 4.79 Å². The topological polar surface area (TPSA) is 67.2 Å². The average molecular weight is 463 g/mol. The minimum Gasteiger partial charge on any atom is -0.457 e. The van der Waals surface area contributed by atoms with Gasteiger partial charge < -0.3 is 9.73 Å². The number of anilines is 1. The van der Waals surface area contributed by atoms with Gasteiger partial charge in [0.1, 0.15) is 11.5 Å². The summed E-state index contributed by atoms with van der Waals surface area (Å²) in [4.78, 5) is 15.9. The van der Waals surface area contributed by atoms with E-state index in [0.29, 0.717) is 17.2 Å². The van der Waals surface area contributed by atoms with Crippen LogP contribution in [0.3, 0.4) is 0 Å². The van der Waals surface area contributed by atoms with Crippen molar-refractivity contribution in [1.82, 2.24) is 10.3 Å². The smallest absolute Gasteiger partial charge is 0.250 e. The summed E-state index contributed by atoms with van der Waals surface area (Å²) in [6, 6.07) is 14.8. The molecule has 2 N–H and O–H groups in total. The molecule has 136 valence electrons. The van der Waals surface area contributed by atoms with E-state index in [0.717, 1.165) is 10.0 Å². The van der Waals surface area contributed by atoms with E-state index in [9.17, 15) is 4.79 Å². The van der Waals surface area contributed by atoms with Gasteiger partial charge in [-0.3, -0.25) is 10.1 Å². The molecule has 0 atom stereocenters. The Morgan fingerprint density at radius 1 is 1.19 bits per heavy atom. The van der Waals surface area contributed by atoms with Crippen molar-refractivity contribution in [3.8, 4) is 11.3 Å². The monoisotopic (exact) mass is 461 g/mol. The average Bonchev–Trinajstić information content (AvgIpc) is 3.11. The fraction of sp³-hybridized carbons (Fsp3) is 0. The van der Waals surface area contributed by atoms with Gasteiger partial charge in [-0.1, -0.05) is 39.7 Å². The zero-order chi connectivity index (χ0) is 19.2. The fourth-order valence-corrected chi connectivity index (χ4v) is 2.80. The van der Waals surface area contributed by atoms with Crippen LogP contribution in [0.5, 0.6) is 0 Å². The van der Waals surface area contributed by atoms with Gasteiger partial charge in [0, 0.05) is 22.3 Å². The number of amides is 1. The molecule has 1 aromatic carbocycles. The predicted octanol–water partition coefficient (Wildman–Crippen LogP) is 5.28. The maximum Gasteiger partial charge on any atom is 0.250 e. The first-order valence-electron chi connectivity index (χ1n) is 7.77. The second kappa shape index (κ2) is 8.94. The summed E-state index contributed by atoms with van der Waals surface area (Å²) in [7, 11) is 0. The van der Waals surface area contributed by atoms with E-state index in [2.05, 4.69) is 31.5 Å². The molecule has 0 fully saturated rings. The number of carbonyl (C=O) groups excluding carboxylic acids is 1. The van der Waals surface area contributed by atoms with Crippen molar-refractivity contribution >= 4 is 62.5 Å². The normalized spacial score (nSPS) is 10.7. The van der Waals surface area contributed by atoms with Crippen molar-refractivity contribution < 1.29 is 9.21 Å². The second-order valence-electron chi connectivity index (χ2n) is 5.33. The number of rotatable bonds is 4. The summed E-state index contributed by atoms with van der Waals surface area (Å²) in [6.07, 6.45) is 4.46. The van der Waals surface area contributed by atoms with Crippen LogP contribution in [0.2, 0.25) is 5.15 Å². The van der Waals surface area contributed by atoms with Gasteiger partial charge in [0.15, 0.2) is 10.3 Å². The molecule has 0 aliphatic heterocycles. The minimum atomic E-state index is -0.394. The van der Waals surface area contributed by atoms with Gasteiger partial charge in [0.25, 0.3) is 0 Å². The van der Waals surface area contributed by atoms with E-state index < -0.39 is 5.91 Å². The molecular weight excluding hydrogens is 450 g/mol. The van der Waals surface area contributed by atoms with Crippen LogP contribution in [0.15, 0.2) is 69.7 Å². The zero-order valence-corrected chi connectivity index (χ0v) is 16.9. The van der Waals surface area contributed by atoms with E-state index >= 15 is 0 Å². The van der Waals surface area contributed by atoms with Crippen molar-refractivity contribution in [2.75, 3.05) is 5.32 Å². The third-order valence-corrected chi connectivity index (χ3v) is 4.43. The number of nitrogens with zero attached hydrogens (tertiary/aromatic N) is 1. The molecule has 0 saturated carbocycles. The summed E-state index contributed by atoms with van der Waals surface area (Å²) >= 11 is 14.4. The van der Waals surface area contributed by atoms with Crippen molar-refractivity contribution in [2.45, 2.75) is 0 Å². The van der Waals surface area contributed by atoms with Crippen LogP contribution >= 0.6 is 39.7 Å². The van der Waals surface area contributed by atoms with E-state index in [1.807, 2.05) is 30.3 Å². The highest BCUT2D eigenvalue weighted by molar-refractivity contribution is 9.10. The lowest BCUT2D eigenvalue weighted by atomic mass is 10.2. The van der Waals surface area contributed by atoms with Crippen LogP contribution in [0.1, 0.15) is 5.76 Å². The zero-order valence-electron chi connectivity index (χ0n) is 13.8. The highest BCUT2D eigenvalue weighted by Crippen LogP contribution is 2.24. The van der Waals surface area contributed by atoms with Crippen LogP contribution in [0.4, 0.5) is 5.69 Å². The summed E-state index contributed by atoms with van der Waals surface area (Å²) in [5.74, 6) is 0.873. The lowest BCUT2D eigenvalue weighted by Gasteiger charge is -2.08. The Hall–Kier alpha value is -2.48. The molecule has 0 unspecified atom stereocenters. The van der Waals surface area contributed by atoms with Gasteiger partial charge in [-0.05, 0) is 54.7 Å². The molecule has 0 radical (unpaired) electrons. The van der Waals surface area contributed by atoms with Crippen LogP contribution in [0, 0.1) is 0 Å². The number of hydrogen-bond donors (Lipinski definition) is 2. The van der Waals surface area contributed by atoms with Gasteiger partial charge in [-0.15, -0.1) is 0 Å². The fourth-order valence-electron chi connectivity index (χ4n) is 2.16. The van der Waals surface area contributed by atoms with Gasteiger partial charge in [-0.2, -0.15) is 0 Å². The largest absolute Gasteiger partial charge is 0.457 e. The number of furan rings is 1. The van der Waals surface area contributed by atoms with E-state index in [-0.39, 0.29) is 10.3 Å². The molecule has 0 spiro atoms. The van der Waals surface area contributed by atoms with Crippen molar-refractivity contribution in [3.63, 3.8) is 0 Å². The number of aromatic nitrogens is 1. The Balaban J connectivity index is 1.58. The van der Waals surface area contributed by atoms with Gasteiger partial charge >= 0.3 is 0 Å². The summed E-state index contributed by atoms with van der Waals surface area (Å²) in [5, 5.41) is 5.73. The van der Waals surface area contributed by atoms with Crippen LogP contribution in [0.25, 0.3) is 17.4 Å². The third kappa shape index (κ3) is 5.50. The molecule has 3 aromatic rings. The third-order valence-electron chi connectivity index (χ3n) is 3.40. The molecule has 0 bridgehead atoms. The first kappa shape index (κ1) is 19.3. The molecular formula is C19H13BrClN3O2S. The summed E-state index contributed by atoms with van der Waals surface area (Å²) in [5.41, 5.74) is 1.46. The molecule has 1 amide bonds. The summed E-state index contributed by atoms with van der Waals surface area (Å²) < 4.78 is 6.71. The summed E-state index contributed by atoms with van der Waals surface area (Å²) in [6.45, 7) is 0. The SMILES string of the molecule is O=C(/C=C/c1ccc(-c2ccc(Br)cc2)o1)NC(=S)Nc1cccnc1Cl. The van der Waals surface area contributed by atoms with E-state index in [4.69, 9.17) is 28.2 Å². The molecule has 2 aromatic heterocycles. The Morgan fingerprint density at radius 3 is 2.70 bits per heavy atom. The molecule has 5 nitrogen and oxygen atoms in total. The second-order valence-corrected chi connectivity index (χ2v) is 7.01. The molecule has 2 heterocycles. The number of hydrogen-bond acceptors (Lipinski definition) is 4. The molecule has 3 rings (SSSR count). The quantitative estimate of drug-likeness (QED) is 0.313. The van der Waals surface area contributed by atoms with Gasteiger partial charge in [0.05, 0.1) is 5.69 Å². The molecule has 27 heavy (non-hydrogen) atoms. The van der Waals surface area contributed by atoms with Crippen molar-refractivity contribution in [3.05, 3.63) is 76.2 Å². The number of nitrogens with one attached hydrogen (secondary N) is 2. The maximum absolute atomic E-state index is 12.0. The van der Waals surface area contributed by atoms with Crippen LogP contribution in [-0.4, -0.2) is 16.0 Å². The number of pyridine rings is 1. The Bertz CT molecular complexity index is 1000. The number of benzene rings is 1. The highest BCUT2D eigenvalue weighted by atomic mass is 79.9. The predicted molar refractivity (Wildman–Crippen MR) is 114 cm³/mol. The van der Waals surface area contributed by atoms with Gasteiger partial charge in [-0.25, -0.2) is 4.98 Å². The first-order chi connectivity index (χ1) is 13.0. The Labute approximate surface area is 174 Å². The molecule has 0 saturated heterocycles. The van der Waals surface area contributed by atoms with Crippen molar-refractivity contribution in [2.24, 2.45) is 0 Å². The molecule has 0 aliphatic carbocycles. The number of halogens is 2. The number of carbonyl (C=O) groups is 1. The highest BCUT2D eigenvalue weighted by Gasteiger charge is 2.06. The molecule has 0 aliphatic rings. The van der Waals surface area contributed by atoms with Crippen molar-refractivity contribution in [1.29, 1.82) is 0 Å². The van der Waals surface area contributed by atoms with E-state index in [1.165, 1.54) is 6.08 Å². The standard InChI is InChI=1S/C19H13BrClN3O2S/c20-13-5-3-12(4-6-13)16-9-7-14(26-16)8-10-17(25)24-19(27)23-15-2-1-11-22-18(15)21/h1-11H,(H2,23,24,25,27)/b10-8+. The number of thiocarbonyl (C=S) groups is 1.